The van der Waals surface area contributed by atoms with Crippen molar-refractivity contribution in [3.63, 3.8) is 0 Å². The lowest BCUT2D eigenvalue weighted by atomic mass is 10.1. The molecule has 2 rings (SSSR count). The Morgan fingerprint density at radius 3 is 2.88 bits per heavy atom. The lowest BCUT2D eigenvalue weighted by molar-refractivity contribution is 0.617. The maximum absolute atomic E-state index is 6.13. The van der Waals surface area contributed by atoms with Gasteiger partial charge >= 0.3 is 0 Å². The van der Waals surface area contributed by atoms with Crippen LogP contribution in [0.5, 0.6) is 0 Å². The fraction of sp³-hybridized carbons (Fsp3) is 0.333. The van der Waals surface area contributed by atoms with Crippen LogP contribution in [0.2, 0.25) is 0 Å². The molecule has 1 atom stereocenters. The van der Waals surface area contributed by atoms with Crippen LogP contribution in [-0.2, 0) is 13.0 Å². The molecule has 0 spiro atoms. The number of nitrogens with two attached hydrogens (primary N) is 1. The summed E-state index contributed by atoms with van der Waals surface area (Å²) in [4.78, 5) is 8.62. The van der Waals surface area contributed by atoms with E-state index in [9.17, 15) is 0 Å². The molecule has 0 aliphatic heterocycles. The van der Waals surface area contributed by atoms with Gasteiger partial charge in [-0.25, -0.2) is 4.98 Å². The van der Waals surface area contributed by atoms with Crippen molar-refractivity contribution >= 4 is 15.9 Å². The second-order valence-corrected chi connectivity index (χ2v) is 4.76. The van der Waals surface area contributed by atoms with E-state index in [1.54, 1.807) is 12.4 Å². The SMILES string of the molecule is CCn1ccnc1CC(N)c1ccc(Br)cn1. The Morgan fingerprint density at radius 1 is 1.41 bits per heavy atom. The van der Waals surface area contributed by atoms with E-state index in [1.165, 1.54) is 0 Å². The molecule has 0 aliphatic carbocycles. The topological polar surface area (TPSA) is 56.7 Å². The van der Waals surface area contributed by atoms with E-state index >= 15 is 0 Å². The molecule has 1 unspecified atom stereocenters. The maximum atomic E-state index is 6.13. The lowest BCUT2D eigenvalue weighted by Crippen LogP contribution is -2.17. The van der Waals surface area contributed by atoms with Crippen LogP contribution in [0, 0.1) is 0 Å². The number of aromatic nitrogens is 3. The van der Waals surface area contributed by atoms with Gasteiger partial charge in [-0.15, -0.1) is 0 Å². The summed E-state index contributed by atoms with van der Waals surface area (Å²) in [5, 5.41) is 0. The standard InChI is InChI=1S/C12H15BrN4/c1-2-17-6-5-15-12(17)7-10(14)11-4-3-9(13)8-16-11/h3-6,8,10H,2,7,14H2,1H3. The van der Waals surface area contributed by atoms with Gasteiger partial charge in [-0.1, -0.05) is 0 Å². The Hall–Kier alpha value is -1.20. The van der Waals surface area contributed by atoms with Crippen molar-refractivity contribution in [2.45, 2.75) is 25.9 Å². The van der Waals surface area contributed by atoms with Crippen LogP contribution in [0.15, 0.2) is 35.2 Å². The first-order chi connectivity index (χ1) is 8.20. The molecule has 2 aromatic heterocycles. The van der Waals surface area contributed by atoms with Crippen molar-refractivity contribution in [3.8, 4) is 0 Å². The van der Waals surface area contributed by atoms with Crippen LogP contribution in [0.4, 0.5) is 0 Å². The molecule has 0 fully saturated rings. The van der Waals surface area contributed by atoms with Crippen LogP contribution in [0.1, 0.15) is 24.5 Å². The highest BCUT2D eigenvalue weighted by Gasteiger charge is 2.11. The molecule has 2 aromatic rings. The van der Waals surface area contributed by atoms with E-state index < -0.39 is 0 Å². The van der Waals surface area contributed by atoms with Crippen molar-refractivity contribution in [1.82, 2.24) is 14.5 Å². The Balaban J connectivity index is 2.11. The molecule has 0 bridgehead atoms. The molecule has 90 valence electrons. The highest BCUT2D eigenvalue weighted by atomic mass is 79.9. The van der Waals surface area contributed by atoms with Crippen molar-refractivity contribution < 1.29 is 0 Å². The Bertz CT molecular complexity index is 478. The Morgan fingerprint density at radius 2 is 2.24 bits per heavy atom. The molecule has 0 saturated carbocycles. The molecular weight excluding hydrogens is 280 g/mol. The van der Waals surface area contributed by atoms with E-state index in [1.807, 2.05) is 18.3 Å². The van der Waals surface area contributed by atoms with Gasteiger partial charge in [0.2, 0.25) is 0 Å². The molecule has 0 aromatic carbocycles. The van der Waals surface area contributed by atoms with Gasteiger partial charge in [0.05, 0.1) is 11.7 Å². The summed E-state index contributed by atoms with van der Waals surface area (Å²) in [6.45, 7) is 3.00. The van der Waals surface area contributed by atoms with Crippen molar-refractivity contribution in [3.05, 3.63) is 46.7 Å². The summed E-state index contributed by atoms with van der Waals surface area (Å²) in [5.41, 5.74) is 7.02. The van der Waals surface area contributed by atoms with Crippen LogP contribution < -0.4 is 5.73 Å². The summed E-state index contributed by atoms with van der Waals surface area (Å²) in [6.07, 6.45) is 6.24. The zero-order chi connectivity index (χ0) is 12.3. The number of imidazole rings is 1. The molecule has 0 radical (unpaired) electrons. The molecule has 5 heteroatoms. The third-order valence-electron chi connectivity index (χ3n) is 2.68. The van der Waals surface area contributed by atoms with Crippen molar-refractivity contribution in [2.24, 2.45) is 5.73 Å². The first kappa shape index (κ1) is 12.3. The van der Waals surface area contributed by atoms with E-state index in [-0.39, 0.29) is 6.04 Å². The minimum absolute atomic E-state index is 0.115. The van der Waals surface area contributed by atoms with E-state index in [2.05, 4.69) is 37.4 Å². The summed E-state index contributed by atoms with van der Waals surface area (Å²) < 4.78 is 3.06. The molecule has 0 aliphatic rings. The quantitative estimate of drug-likeness (QED) is 0.941. The second kappa shape index (κ2) is 5.42. The van der Waals surface area contributed by atoms with Crippen molar-refractivity contribution in [2.75, 3.05) is 0 Å². The molecule has 2 N–H and O–H groups in total. The third-order valence-corrected chi connectivity index (χ3v) is 3.14. The number of hydrogen-bond donors (Lipinski definition) is 1. The van der Waals surface area contributed by atoms with Gasteiger partial charge in [0.15, 0.2) is 0 Å². The molecule has 0 amide bonds. The van der Waals surface area contributed by atoms with Gasteiger partial charge in [-0.05, 0) is 35.0 Å². The summed E-state index contributed by atoms with van der Waals surface area (Å²) >= 11 is 3.36. The van der Waals surface area contributed by atoms with Gasteiger partial charge in [0, 0.05) is 36.0 Å². The minimum Gasteiger partial charge on any atom is -0.335 e. The first-order valence-corrected chi connectivity index (χ1v) is 6.37. The summed E-state index contributed by atoms with van der Waals surface area (Å²) in [6, 6.07) is 3.78. The van der Waals surface area contributed by atoms with Crippen LogP contribution >= 0.6 is 15.9 Å². The molecule has 4 nitrogen and oxygen atoms in total. The van der Waals surface area contributed by atoms with Crippen molar-refractivity contribution in [1.29, 1.82) is 0 Å². The fourth-order valence-electron chi connectivity index (χ4n) is 1.73. The normalized spacial score (nSPS) is 12.6. The third kappa shape index (κ3) is 2.92. The Labute approximate surface area is 109 Å². The van der Waals surface area contributed by atoms with Gasteiger partial charge in [0.1, 0.15) is 5.82 Å². The molecule has 2 heterocycles. The predicted molar refractivity (Wildman–Crippen MR) is 70.5 cm³/mol. The summed E-state index contributed by atoms with van der Waals surface area (Å²) in [5.74, 6) is 1.00. The fourth-order valence-corrected chi connectivity index (χ4v) is 1.96. The van der Waals surface area contributed by atoms with Gasteiger partial charge in [-0.2, -0.15) is 0 Å². The lowest BCUT2D eigenvalue weighted by Gasteiger charge is -2.11. The zero-order valence-corrected chi connectivity index (χ0v) is 11.3. The molecule has 0 saturated heterocycles. The molecule has 17 heavy (non-hydrogen) atoms. The van der Waals surface area contributed by atoms with E-state index in [4.69, 9.17) is 5.73 Å². The minimum atomic E-state index is -0.115. The largest absolute Gasteiger partial charge is 0.335 e. The number of rotatable bonds is 4. The smallest absolute Gasteiger partial charge is 0.110 e. The number of nitrogens with zero attached hydrogens (tertiary/aromatic N) is 3. The predicted octanol–water partition coefficient (Wildman–Crippen LogP) is 2.30. The zero-order valence-electron chi connectivity index (χ0n) is 9.68. The van der Waals surface area contributed by atoms with E-state index in [0.717, 1.165) is 22.5 Å². The first-order valence-electron chi connectivity index (χ1n) is 5.57. The highest BCUT2D eigenvalue weighted by molar-refractivity contribution is 9.10. The average Bonchev–Trinajstić information content (AvgIpc) is 2.77. The monoisotopic (exact) mass is 294 g/mol. The second-order valence-electron chi connectivity index (χ2n) is 3.84. The summed E-state index contributed by atoms with van der Waals surface area (Å²) in [7, 11) is 0. The van der Waals surface area contributed by atoms with Crippen LogP contribution in [0.3, 0.4) is 0 Å². The maximum Gasteiger partial charge on any atom is 0.110 e. The number of aryl methyl sites for hydroxylation is 1. The number of hydrogen-bond acceptors (Lipinski definition) is 3. The van der Waals surface area contributed by atoms with Gasteiger partial charge in [-0.3, -0.25) is 4.98 Å². The molecular formula is C12H15BrN4. The number of pyridine rings is 1. The van der Waals surface area contributed by atoms with Crippen LogP contribution in [0.25, 0.3) is 0 Å². The van der Waals surface area contributed by atoms with Gasteiger partial charge < -0.3 is 10.3 Å². The van der Waals surface area contributed by atoms with Gasteiger partial charge in [0.25, 0.3) is 0 Å². The van der Waals surface area contributed by atoms with Crippen LogP contribution in [-0.4, -0.2) is 14.5 Å². The van der Waals surface area contributed by atoms with E-state index in [0.29, 0.717) is 6.42 Å². The average molecular weight is 295 g/mol. The Kier molecular flexibility index (Phi) is 3.91. The number of halogens is 1. The highest BCUT2D eigenvalue weighted by Crippen LogP contribution is 2.15.